The number of hydrogen-bond donors (Lipinski definition) is 2. The topological polar surface area (TPSA) is 84.2 Å². The normalized spacial score (nSPS) is 11.9. The molecule has 2 rings (SSSR count). The van der Waals surface area contributed by atoms with Crippen LogP contribution in [0, 0.1) is 5.92 Å². The van der Waals surface area contributed by atoms with E-state index in [1.807, 2.05) is 13.0 Å². The number of anilines is 1. The number of hydrogen-bond acceptors (Lipinski definition) is 4. The lowest BCUT2D eigenvalue weighted by molar-refractivity contribution is 0.102. The van der Waals surface area contributed by atoms with Crippen LogP contribution in [-0.4, -0.2) is 27.2 Å². The number of nitrogens with zero attached hydrogens (tertiary/aromatic N) is 2. The first-order valence-corrected chi connectivity index (χ1v) is 7.18. The van der Waals surface area contributed by atoms with Gasteiger partial charge >= 0.3 is 5.69 Å². The molecule has 0 fully saturated rings. The fourth-order valence-corrected chi connectivity index (χ4v) is 2.01. The Hall–Kier alpha value is -2.47. The van der Waals surface area contributed by atoms with Crippen molar-refractivity contribution in [1.29, 1.82) is 0 Å². The van der Waals surface area contributed by atoms with Crippen LogP contribution in [0.4, 0.5) is 5.82 Å². The molecule has 0 saturated carbocycles. The minimum absolute atomic E-state index is 0.0178. The highest BCUT2D eigenvalue weighted by Crippen LogP contribution is 2.06. The van der Waals surface area contributed by atoms with Gasteiger partial charge < -0.3 is 10.4 Å². The van der Waals surface area contributed by atoms with Gasteiger partial charge in [-0.25, -0.2) is 4.79 Å². The van der Waals surface area contributed by atoms with Gasteiger partial charge in [0.1, 0.15) is 5.82 Å². The first kappa shape index (κ1) is 15.9. The van der Waals surface area contributed by atoms with Crippen LogP contribution in [-0.2, 0) is 6.54 Å². The molecule has 0 aliphatic heterocycles. The molecule has 0 aliphatic rings. The molecular weight excluding hydrogens is 282 g/mol. The molecule has 22 heavy (non-hydrogen) atoms. The Balaban J connectivity index is 2.09. The predicted molar refractivity (Wildman–Crippen MR) is 83.8 cm³/mol. The third-order valence-corrected chi connectivity index (χ3v) is 3.44. The standard InChI is InChI=1S/C16H19N3O3/c1-2-12(11-20)10-19-9-8-14(18-16(19)22)17-15(21)13-6-4-3-5-7-13/h3-9,12,20H,2,10-11H2,1H3,(H,17,18,21,22)/t12-/m1/s1. The zero-order valence-electron chi connectivity index (χ0n) is 12.4. The number of amides is 1. The molecule has 0 spiro atoms. The molecule has 1 aromatic carbocycles. The van der Waals surface area contributed by atoms with Crippen molar-refractivity contribution >= 4 is 11.7 Å². The molecule has 0 radical (unpaired) electrons. The highest BCUT2D eigenvalue weighted by molar-refractivity contribution is 6.03. The molecule has 0 bridgehead atoms. The summed E-state index contributed by atoms with van der Waals surface area (Å²) in [5.74, 6) is -0.0801. The first-order chi connectivity index (χ1) is 10.6. The van der Waals surface area contributed by atoms with Gasteiger partial charge in [0.2, 0.25) is 0 Å². The van der Waals surface area contributed by atoms with Crippen LogP contribution in [0.3, 0.4) is 0 Å². The van der Waals surface area contributed by atoms with Crippen molar-refractivity contribution < 1.29 is 9.90 Å². The summed E-state index contributed by atoms with van der Waals surface area (Å²) in [7, 11) is 0. The van der Waals surface area contributed by atoms with Crippen LogP contribution in [0.2, 0.25) is 0 Å². The van der Waals surface area contributed by atoms with E-state index in [1.54, 1.807) is 36.5 Å². The molecule has 1 aromatic heterocycles. The van der Waals surface area contributed by atoms with Crippen LogP contribution >= 0.6 is 0 Å². The van der Waals surface area contributed by atoms with Gasteiger partial charge in [-0.2, -0.15) is 4.98 Å². The first-order valence-electron chi connectivity index (χ1n) is 7.18. The monoisotopic (exact) mass is 301 g/mol. The van der Waals surface area contributed by atoms with Crippen LogP contribution in [0.15, 0.2) is 47.4 Å². The van der Waals surface area contributed by atoms with E-state index < -0.39 is 5.69 Å². The highest BCUT2D eigenvalue weighted by atomic mass is 16.3. The summed E-state index contributed by atoms with van der Waals surface area (Å²) < 4.78 is 1.43. The minimum Gasteiger partial charge on any atom is -0.396 e. The Morgan fingerprint density at radius 1 is 1.32 bits per heavy atom. The molecule has 1 heterocycles. The molecule has 2 N–H and O–H groups in total. The van der Waals surface area contributed by atoms with Crippen LogP contribution in [0.5, 0.6) is 0 Å². The van der Waals surface area contributed by atoms with E-state index in [1.165, 1.54) is 4.57 Å². The van der Waals surface area contributed by atoms with E-state index in [-0.39, 0.29) is 24.2 Å². The summed E-state index contributed by atoms with van der Waals surface area (Å²) in [6.07, 6.45) is 2.35. The zero-order chi connectivity index (χ0) is 15.9. The number of aliphatic hydroxyl groups excluding tert-OH is 1. The number of aromatic nitrogens is 2. The van der Waals surface area contributed by atoms with E-state index in [9.17, 15) is 14.7 Å². The Kier molecular flexibility index (Phi) is 5.43. The lowest BCUT2D eigenvalue weighted by Gasteiger charge is -2.13. The molecule has 1 atom stereocenters. The number of nitrogens with one attached hydrogen (secondary N) is 1. The van der Waals surface area contributed by atoms with E-state index in [2.05, 4.69) is 10.3 Å². The van der Waals surface area contributed by atoms with E-state index in [4.69, 9.17) is 0 Å². The summed E-state index contributed by atoms with van der Waals surface area (Å²) in [5.41, 5.74) is 0.0533. The number of carbonyl (C=O) groups is 1. The molecule has 6 heteroatoms. The Bertz CT molecular complexity index is 679. The third kappa shape index (κ3) is 4.02. The average molecular weight is 301 g/mol. The highest BCUT2D eigenvalue weighted by Gasteiger charge is 2.10. The molecule has 0 unspecified atom stereocenters. The van der Waals surface area contributed by atoms with Crippen molar-refractivity contribution in [3.05, 3.63) is 58.6 Å². The Morgan fingerprint density at radius 2 is 2.05 bits per heavy atom. The van der Waals surface area contributed by atoms with Crippen molar-refractivity contribution in [2.75, 3.05) is 11.9 Å². The fourth-order valence-electron chi connectivity index (χ4n) is 2.01. The van der Waals surface area contributed by atoms with Crippen molar-refractivity contribution in [2.45, 2.75) is 19.9 Å². The van der Waals surface area contributed by atoms with Gasteiger partial charge in [0.25, 0.3) is 5.91 Å². The van der Waals surface area contributed by atoms with Crippen LogP contribution in [0.25, 0.3) is 0 Å². The van der Waals surface area contributed by atoms with Gasteiger partial charge in [0.15, 0.2) is 0 Å². The van der Waals surface area contributed by atoms with Gasteiger partial charge in [-0.15, -0.1) is 0 Å². The van der Waals surface area contributed by atoms with Crippen molar-refractivity contribution in [3.8, 4) is 0 Å². The SMILES string of the molecule is CC[C@@H](CO)Cn1ccc(NC(=O)c2ccccc2)nc1=O. The summed E-state index contributed by atoms with van der Waals surface area (Å²) in [6, 6.07) is 10.3. The molecule has 6 nitrogen and oxygen atoms in total. The summed E-state index contributed by atoms with van der Waals surface area (Å²) in [6.45, 7) is 2.38. The minimum atomic E-state index is -0.447. The maximum atomic E-state index is 12.0. The lowest BCUT2D eigenvalue weighted by Crippen LogP contribution is -2.28. The quantitative estimate of drug-likeness (QED) is 0.847. The van der Waals surface area contributed by atoms with Gasteiger partial charge in [-0.1, -0.05) is 25.1 Å². The number of benzene rings is 1. The van der Waals surface area contributed by atoms with Crippen molar-refractivity contribution in [1.82, 2.24) is 9.55 Å². The Morgan fingerprint density at radius 3 is 2.64 bits per heavy atom. The van der Waals surface area contributed by atoms with Gasteiger partial charge in [-0.3, -0.25) is 9.36 Å². The number of carbonyl (C=O) groups excluding carboxylic acids is 1. The predicted octanol–water partition coefficient (Wildman–Crippen LogP) is 1.51. The van der Waals surface area contributed by atoms with Gasteiger partial charge in [-0.05, 0) is 30.5 Å². The summed E-state index contributed by atoms with van der Waals surface area (Å²) >= 11 is 0. The van der Waals surface area contributed by atoms with E-state index >= 15 is 0 Å². The fraction of sp³-hybridized carbons (Fsp3) is 0.312. The summed E-state index contributed by atoms with van der Waals surface area (Å²) in [5, 5.41) is 11.8. The Labute approximate surface area is 128 Å². The number of aliphatic hydroxyl groups is 1. The van der Waals surface area contributed by atoms with Crippen LogP contribution < -0.4 is 11.0 Å². The maximum absolute atomic E-state index is 12.0. The largest absolute Gasteiger partial charge is 0.396 e. The molecule has 2 aromatic rings. The second-order valence-electron chi connectivity index (χ2n) is 5.02. The summed E-state index contributed by atoms with van der Waals surface area (Å²) in [4.78, 5) is 27.8. The smallest absolute Gasteiger partial charge is 0.349 e. The molecular formula is C16H19N3O3. The average Bonchev–Trinajstić information content (AvgIpc) is 2.55. The molecule has 1 amide bonds. The second kappa shape index (κ2) is 7.51. The number of rotatable bonds is 6. The molecule has 0 aliphatic carbocycles. The van der Waals surface area contributed by atoms with E-state index in [0.29, 0.717) is 12.1 Å². The molecule has 0 saturated heterocycles. The van der Waals surface area contributed by atoms with Crippen molar-refractivity contribution in [2.24, 2.45) is 5.92 Å². The van der Waals surface area contributed by atoms with Gasteiger partial charge in [0, 0.05) is 24.9 Å². The zero-order valence-corrected chi connectivity index (χ0v) is 12.4. The van der Waals surface area contributed by atoms with Crippen molar-refractivity contribution in [3.63, 3.8) is 0 Å². The second-order valence-corrected chi connectivity index (χ2v) is 5.02. The van der Waals surface area contributed by atoms with Gasteiger partial charge in [0.05, 0.1) is 0 Å². The maximum Gasteiger partial charge on any atom is 0.349 e. The third-order valence-electron chi connectivity index (χ3n) is 3.44. The van der Waals surface area contributed by atoms with Crippen LogP contribution in [0.1, 0.15) is 23.7 Å². The lowest BCUT2D eigenvalue weighted by atomic mass is 10.1. The van der Waals surface area contributed by atoms with E-state index in [0.717, 1.165) is 6.42 Å². The molecule has 116 valence electrons.